The van der Waals surface area contributed by atoms with Crippen molar-refractivity contribution in [3.05, 3.63) is 53.6 Å². The van der Waals surface area contributed by atoms with Crippen LogP contribution in [-0.2, 0) is 0 Å². The van der Waals surface area contributed by atoms with Gasteiger partial charge in [-0.25, -0.2) is 4.39 Å². The Hall–Kier alpha value is -1.72. The number of aliphatic hydroxyl groups excluding tert-OH is 1. The van der Waals surface area contributed by atoms with E-state index in [0.717, 1.165) is 25.9 Å². The molecule has 0 saturated carbocycles. The highest BCUT2D eigenvalue weighted by atomic mass is 19.1. The Morgan fingerprint density at radius 3 is 2.86 bits per heavy atom. The standard InChI is InChI=1S/C16H20FN3O/c17-15-3-1-2-13(8-15)16(21)11-20-6-4-12(5-7-20)14-9-18-19-10-14/h1-3,8-10,12,16,21H,4-7,11H2,(H,18,19)/t16-/m1/s1. The SMILES string of the molecule is O[C@H](CN1CCC(c2cn[nH]c2)CC1)c1cccc(F)c1. The highest BCUT2D eigenvalue weighted by Gasteiger charge is 2.23. The lowest BCUT2D eigenvalue weighted by Gasteiger charge is -2.32. The van der Waals surface area contributed by atoms with Gasteiger partial charge in [0, 0.05) is 12.7 Å². The molecule has 3 rings (SSSR count). The molecule has 1 saturated heterocycles. The number of H-pyrrole nitrogens is 1. The number of nitrogens with zero attached hydrogens (tertiary/aromatic N) is 2. The lowest BCUT2D eigenvalue weighted by atomic mass is 9.91. The van der Waals surface area contributed by atoms with Gasteiger partial charge in [-0.3, -0.25) is 5.10 Å². The Bertz CT molecular complexity index is 565. The average molecular weight is 289 g/mol. The third-order valence-electron chi connectivity index (χ3n) is 4.24. The summed E-state index contributed by atoms with van der Waals surface area (Å²) in [6.07, 6.45) is 5.35. The van der Waals surface area contributed by atoms with Gasteiger partial charge in [0.25, 0.3) is 0 Å². The van der Waals surface area contributed by atoms with Gasteiger partial charge in [0.1, 0.15) is 5.82 Å². The molecule has 0 bridgehead atoms. The Morgan fingerprint density at radius 1 is 1.38 bits per heavy atom. The molecule has 1 aromatic carbocycles. The second-order valence-electron chi connectivity index (χ2n) is 5.68. The van der Waals surface area contributed by atoms with E-state index in [2.05, 4.69) is 15.1 Å². The van der Waals surface area contributed by atoms with Gasteiger partial charge in [-0.15, -0.1) is 0 Å². The smallest absolute Gasteiger partial charge is 0.123 e. The molecule has 1 aliphatic heterocycles. The molecule has 2 aromatic rings. The van der Waals surface area contributed by atoms with Crippen LogP contribution in [0.3, 0.4) is 0 Å². The van der Waals surface area contributed by atoms with Gasteiger partial charge in [0.05, 0.1) is 12.3 Å². The molecule has 0 radical (unpaired) electrons. The van der Waals surface area contributed by atoms with E-state index in [9.17, 15) is 9.50 Å². The summed E-state index contributed by atoms with van der Waals surface area (Å²) in [5.74, 6) is 0.247. The Kier molecular flexibility index (Phi) is 4.31. The predicted molar refractivity (Wildman–Crippen MR) is 78.4 cm³/mol. The van der Waals surface area contributed by atoms with Crippen LogP contribution in [0.4, 0.5) is 4.39 Å². The molecule has 1 fully saturated rings. The minimum atomic E-state index is -0.633. The molecule has 1 aliphatic rings. The van der Waals surface area contributed by atoms with E-state index >= 15 is 0 Å². The van der Waals surface area contributed by atoms with Crippen LogP contribution in [0.1, 0.15) is 36.0 Å². The zero-order valence-electron chi connectivity index (χ0n) is 11.9. The summed E-state index contributed by atoms with van der Waals surface area (Å²) in [6, 6.07) is 6.21. The summed E-state index contributed by atoms with van der Waals surface area (Å²) in [6.45, 7) is 2.45. The number of rotatable bonds is 4. The van der Waals surface area contributed by atoms with Gasteiger partial charge in [-0.2, -0.15) is 5.10 Å². The Labute approximate surface area is 123 Å². The number of halogens is 1. The number of benzene rings is 1. The summed E-state index contributed by atoms with van der Waals surface area (Å²) < 4.78 is 13.2. The summed E-state index contributed by atoms with van der Waals surface area (Å²) in [5, 5.41) is 17.1. The van der Waals surface area contributed by atoms with Crippen molar-refractivity contribution >= 4 is 0 Å². The van der Waals surface area contributed by atoms with Crippen molar-refractivity contribution < 1.29 is 9.50 Å². The van der Waals surface area contributed by atoms with Crippen molar-refractivity contribution in [3.63, 3.8) is 0 Å². The van der Waals surface area contributed by atoms with Crippen LogP contribution in [0.15, 0.2) is 36.7 Å². The van der Waals surface area contributed by atoms with Crippen LogP contribution in [-0.4, -0.2) is 39.8 Å². The number of aromatic amines is 1. The number of aromatic nitrogens is 2. The first-order valence-corrected chi connectivity index (χ1v) is 7.37. The first-order chi connectivity index (χ1) is 10.2. The molecule has 5 heteroatoms. The second kappa shape index (κ2) is 6.37. The highest BCUT2D eigenvalue weighted by Crippen LogP contribution is 2.28. The van der Waals surface area contributed by atoms with Crippen molar-refractivity contribution in [2.45, 2.75) is 24.9 Å². The largest absolute Gasteiger partial charge is 0.387 e. The monoisotopic (exact) mass is 289 g/mol. The maximum Gasteiger partial charge on any atom is 0.123 e. The maximum absolute atomic E-state index is 13.2. The van der Waals surface area contributed by atoms with Crippen molar-refractivity contribution in [2.75, 3.05) is 19.6 Å². The molecule has 0 aliphatic carbocycles. The molecule has 1 atom stereocenters. The van der Waals surface area contributed by atoms with E-state index in [-0.39, 0.29) is 5.82 Å². The van der Waals surface area contributed by atoms with Gasteiger partial charge in [0.15, 0.2) is 0 Å². The van der Waals surface area contributed by atoms with E-state index in [1.807, 2.05) is 12.4 Å². The molecule has 1 aromatic heterocycles. The van der Waals surface area contributed by atoms with Crippen molar-refractivity contribution in [1.29, 1.82) is 0 Å². The fourth-order valence-corrected chi connectivity index (χ4v) is 3.00. The molecule has 4 nitrogen and oxygen atoms in total. The van der Waals surface area contributed by atoms with E-state index in [4.69, 9.17) is 0 Å². The quantitative estimate of drug-likeness (QED) is 0.909. The topological polar surface area (TPSA) is 52.1 Å². The van der Waals surface area contributed by atoms with Gasteiger partial charge in [-0.05, 0) is 55.1 Å². The summed E-state index contributed by atoms with van der Waals surface area (Å²) in [5.41, 5.74) is 1.91. The van der Waals surface area contributed by atoms with Gasteiger partial charge in [0.2, 0.25) is 0 Å². The van der Waals surface area contributed by atoms with Crippen LogP contribution < -0.4 is 0 Å². The predicted octanol–water partition coefficient (Wildman–Crippen LogP) is 2.46. The number of likely N-dealkylation sites (tertiary alicyclic amines) is 1. The molecule has 2 N–H and O–H groups in total. The molecular formula is C16H20FN3O. The fraction of sp³-hybridized carbons (Fsp3) is 0.438. The number of aliphatic hydroxyl groups is 1. The van der Waals surface area contributed by atoms with Crippen LogP contribution in [0, 0.1) is 5.82 Å². The maximum atomic E-state index is 13.2. The van der Waals surface area contributed by atoms with Gasteiger partial charge < -0.3 is 10.0 Å². The molecule has 0 spiro atoms. The first-order valence-electron chi connectivity index (χ1n) is 7.37. The minimum absolute atomic E-state index is 0.301. The lowest BCUT2D eigenvalue weighted by molar-refractivity contribution is 0.0970. The zero-order valence-corrected chi connectivity index (χ0v) is 11.9. The highest BCUT2D eigenvalue weighted by molar-refractivity contribution is 5.19. The summed E-state index contributed by atoms with van der Waals surface area (Å²) in [7, 11) is 0. The van der Waals surface area contributed by atoms with Crippen LogP contribution in [0.25, 0.3) is 0 Å². The number of piperidine rings is 1. The third kappa shape index (κ3) is 3.49. The average Bonchev–Trinajstić information content (AvgIpc) is 3.02. The summed E-state index contributed by atoms with van der Waals surface area (Å²) in [4.78, 5) is 2.24. The number of β-amino-alcohol motifs (C(OH)–C–C–N with tert-alkyl or cyclic N) is 1. The zero-order chi connectivity index (χ0) is 14.7. The lowest BCUT2D eigenvalue weighted by Crippen LogP contribution is -2.36. The van der Waals surface area contributed by atoms with Crippen molar-refractivity contribution in [2.24, 2.45) is 0 Å². The summed E-state index contributed by atoms with van der Waals surface area (Å²) >= 11 is 0. The van der Waals surface area contributed by atoms with Crippen LogP contribution in [0.5, 0.6) is 0 Å². The van der Waals surface area contributed by atoms with E-state index in [1.54, 1.807) is 12.1 Å². The fourth-order valence-electron chi connectivity index (χ4n) is 3.00. The molecule has 112 valence electrons. The molecule has 0 amide bonds. The van der Waals surface area contributed by atoms with Crippen LogP contribution in [0.2, 0.25) is 0 Å². The van der Waals surface area contributed by atoms with Crippen molar-refractivity contribution in [1.82, 2.24) is 15.1 Å². The van der Waals surface area contributed by atoms with Crippen LogP contribution >= 0.6 is 0 Å². The Morgan fingerprint density at radius 2 is 2.19 bits per heavy atom. The normalized spacial score (nSPS) is 18.8. The molecular weight excluding hydrogens is 269 g/mol. The van der Waals surface area contributed by atoms with E-state index < -0.39 is 6.10 Å². The molecule has 2 heterocycles. The first kappa shape index (κ1) is 14.2. The van der Waals surface area contributed by atoms with E-state index in [1.165, 1.54) is 17.7 Å². The third-order valence-corrected chi connectivity index (χ3v) is 4.24. The number of nitrogens with one attached hydrogen (secondary N) is 1. The van der Waals surface area contributed by atoms with Gasteiger partial charge >= 0.3 is 0 Å². The van der Waals surface area contributed by atoms with Gasteiger partial charge in [-0.1, -0.05) is 12.1 Å². The number of hydrogen-bond acceptors (Lipinski definition) is 3. The molecule has 0 unspecified atom stereocenters. The number of hydrogen-bond donors (Lipinski definition) is 2. The Balaban J connectivity index is 1.53. The molecule has 21 heavy (non-hydrogen) atoms. The van der Waals surface area contributed by atoms with E-state index in [0.29, 0.717) is 18.0 Å². The van der Waals surface area contributed by atoms with Crippen molar-refractivity contribution in [3.8, 4) is 0 Å². The second-order valence-corrected chi connectivity index (χ2v) is 5.68. The minimum Gasteiger partial charge on any atom is -0.387 e.